The first-order chi connectivity index (χ1) is 13.7. The largest absolute Gasteiger partial charge is 0.482 e. The number of allylic oxidation sites excluding steroid dienone is 8. The average molecular weight is 365 g/mol. The van der Waals surface area contributed by atoms with E-state index in [1.165, 1.54) is 5.57 Å². The van der Waals surface area contributed by atoms with Gasteiger partial charge in [-0.05, 0) is 35.8 Å². The second kappa shape index (κ2) is 7.42. The van der Waals surface area contributed by atoms with E-state index < -0.39 is 0 Å². The first-order valence-electron chi connectivity index (χ1n) is 8.98. The van der Waals surface area contributed by atoms with Crippen molar-refractivity contribution in [2.24, 2.45) is 0 Å². The molecule has 0 radical (unpaired) electrons. The van der Waals surface area contributed by atoms with E-state index >= 15 is 0 Å². The third-order valence-electron chi connectivity index (χ3n) is 4.76. The van der Waals surface area contributed by atoms with Crippen molar-refractivity contribution in [3.8, 4) is 23.1 Å². The Kier molecular flexibility index (Phi) is 4.65. The van der Waals surface area contributed by atoms with Crippen LogP contribution in [0, 0.1) is 11.3 Å². The van der Waals surface area contributed by atoms with Crippen LogP contribution >= 0.6 is 0 Å². The van der Waals surface area contributed by atoms with Gasteiger partial charge in [0.15, 0.2) is 5.88 Å². The summed E-state index contributed by atoms with van der Waals surface area (Å²) in [7, 11) is 1.66. The Bertz CT molecular complexity index is 1200. The van der Waals surface area contributed by atoms with Gasteiger partial charge in [0.2, 0.25) is 0 Å². The van der Waals surface area contributed by atoms with Crippen LogP contribution in [0.1, 0.15) is 18.1 Å². The van der Waals surface area contributed by atoms with Crippen molar-refractivity contribution in [1.29, 1.82) is 5.26 Å². The molecule has 0 N–H and O–H groups in total. The van der Waals surface area contributed by atoms with E-state index in [0.29, 0.717) is 11.4 Å². The van der Waals surface area contributed by atoms with Gasteiger partial charge in [0.25, 0.3) is 0 Å². The van der Waals surface area contributed by atoms with E-state index in [1.807, 2.05) is 53.1 Å². The molecule has 1 aliphatic carbocycles. The summed E-state index contributed by atoms with van der Waals surface area (Å²) >= 11 is 0. The molecule has 0 saturated carbocycles. The molecule has 4 rings (SSSR count). The number of benzene rings is 1. The Hall–Kier alpha value is -3.84. The second-order valence-corrected chi connectivity index (χ2v) is 6.56. The van der Waals surface area contributed by atoms with Gasteiger partial charge in [-0.1, -0.05) is 54.2 Å². The summed E-state index contributed by atoms with van der Waals surface area (Å²) in [5.74, 6) is 0.706. The molecule has 2 aromatic heterocycles. The van der Waals surface area contributed by atoms with Gasteiger partial charge in [-0.25, -0.2) is 4.98 Å². The zero-order chi connectivity index (χ0) is 19.5. The Morgan fingerprint density at radius 1 is 1.07 bits per heavy atom. The number of fused-ring (bicyclic) bond motifs is 1. The van der Waals surface area contributed by atoms with Gasteiger partial charge in [0, 0.05) is 11.6 Å². The molecule has 0 unspecified atom stereocenters. The highest BCUT2D eigenvalue weighted by Crippen LogP contribution is 2.37. The third kappa shape index (κ3) is 3.15. The van der Waals surface area contributed by atoms with Crippen LogP contribution in [-0.2, 0) is 0 Å². The van der Waals surface area contributed by atoms with Crippen LogP contribution in [0.5, 0.6) is 5.88 Å². The number of nitrogens with zero attached hydrogens (tertiary/aromatic N) is 3. The van der Waals surface area contributed by atoms with E-state index in [4.69, 9.17) is 10.00 Å². The lowest BCUT2D eigenvalue weighted by atomic mass is 9.92. The van der Waals surface area contributed by atoms with Crippen molar-refractivity contribution >= 4 is 11.1 Å². The zero-order valence-electron chi connectivity index (χ0n) is 15.8. The molecule has 0 spiro atoms. The van der Waals surface area contributed by atoms with Crippen molar-refractivity contribution in [1.82, 2.24) is 9.38 Å². The van der Waals surface area contributed by atoms with E-state index in [2.05, 4.69) is 42.3 Å². The van der Waals surface area contributed by atoms with Gasteiger partial charge in [-0.15, -0.1) is 0 Å². The minimum atomic E-state index is 0.636. The lowest BCUT2D eigenvalue weighted by Gasteiger charge is -2.16. The normalized spacial score (nSPS) is 16.5. The lowest BCUT2D eigenvalue weighted by molar-refractivity contribution is 0.392. The molecule has 4 nitrogen and oxygen atoms in total. The number of hydrogen-bond donors (Lipinski definition) is 0. The molecule has 0 amide bonds. The molecular weight excluding hydrogens is 346 g/mol. The summed E-state index contributed by atoms with van der Waals surface area (Å²) in [6, 6.07) is 11.8. The molecule has 0 atom stereocenters. The molecule has 28 heavy (non-hydrogen) atoms. The van der Waals surface area contributed by atoms with Crippen LogP contribution in [-0.4, -0.2) is 16.5 Å². The van der Waals surface area contributed by atoms with Gasteiger partial charge in [-0.3, -0.25) is 4.40 Å². The number of imidazole rings is 1. The molecule has 0 aliphatic heterocycles. The quantitative estimate of drug-likeness (QED) is 0.630. The van der Waals surface area contributed by atoms with Gasteiger partial charge in [0.05, 0.1) is 30.5 Å². The summed E-state index contributed by atoms with van der Waals surface area (Å²) in [4.78, 5) is 4.34. The van der Waals surface area contributed by atoms with Crippen molar-refractivity contribution in [3.63, 3.8) is 0 Å². The molecule has 3 aromatic rings. The summed E-state index contributed by atoms with van der Waals surface area (Å²) < 4.78 is 7.55. The van der Waals surface area contributed by atoms with Crippen LogP contribution in [0.2, 0.25) is 0 Å². The fraction of sp³-hybridized carbons (Fsp3) is 0.0833. The molecule has 1 aliphatic rings. The Morgan fingerprint density at radius 3 is 2.61 bits per heavy atom. The second-order valence-electron chi connectivity index (χ2n) is 6.56. The van der Waals surface area contributed by atoms with Gasteiger partial charge < -0.3 is 4.74 Å². The van der Waals surface area contributed by atoms with Crippen molar-refractivity contribution in [2.45, 2.75) is 6.92 Å². The number of hydrogen-bond acceptors (Lipinski definition) is 3. The topological polar surface area (TPSA) is 50.3 Å². The number of ether oxygens (including phenoxy) is 1. The SMILES string of the molecule is COc1cc(-c2ccc(C#N)cc2)c(C2=C/C=C(C)\C=C/C=C2)c2cncn12. The first-order valence-corrected chi connectivity index (χ1v) is 8.98. The number of rotatable bonds is 3. The van der Waals surface area contributed by atoms with Crippen LogP contribution in [0.15, 0.2) is 84.9 Å². The summed E-state index contributed by atoms with van der Waals surface area (Å²) in [5.41, 5.74) is 6.97. The molecule has 0 fully saturated rings. The molecule has 4 heteroatoms. The van der Waals surface area contributed by atoms with Crippen LogP contribution in [0.3, 0.4) is 0 Å². The minimum absolute atomic E-state index is 0.636. The Labute approximate surface area is 164 Å². The molecule has 0 bridgehead atoms. The smallest absolute Gasteiger partial charge is 0.199 e. The number of nitriles is 1. The predicted molar refractivity (Wildman–Crippen MR) is 112 cm³/mol. The van der Waals surface area contributed by atoms with Gasteiger partial charge in [-0.2, -0.15) is 5.26 Å². The maximum atomic E-state index is 9.12. The fourth-order valence-corrected chi connectivity index (χ4v) is 3.34. The van der Waals surface area contributed by atoms with Crippen LogP contribution < -0.4 is 4.74 Å². The van der Waals surface area contributed by atoms with Crippen molar-refractivity contribution < 1.29 is 4.74 Å². The van der Waals surface area contributed by atoms with Gasteiger partial charge in [0.1, 0.15) is 6.33 Å². The standard InChI is InChI=1S/C24H19N3O/c1-17-5-3-4-6-20(10-7-17)24-21(19-11-8-18(14-25)9-12-19)13-23(28-2)27-16-26-15-22(24)27/h3-13,15-16H,1-2H3/b4-3?,5-3-,6-4?,10-7?,17-5?,17-7-,20-6?,20-10?. The highest BCUT2D eigenvalue weighted by molar-refractivity contribution is 5.94. The van der Waals surface area contributed by atoms with E-state index in [1.54, 1.807) is 13.4 Å². The maximum Gasteiger partial charge on any atom is 0.199 e. The molecule has 1 aromatic carbocycles. The van der Waals surface area contributed by atoms with Crippen LogP contribution in [0.4, 0.5) is 0 Å². The van der Waals surface area contributed by atoms with E-state index in [0.717, 1.165) is 27.8 Å². The van der Waals surface area contributed by atoms with E-state index in [-0.39, 0.29) is 0 Å². The summed E-state index contributed by atoms with van der Waals surface area (Å²) in [6.07, 6.45) is 16.1. The van der Waals surface area contributed by atoms with Gasteiger partial charge >= 0.3 is 0 Å². The van der Waals surface area contributed by atoms with Crippen LogP contribution in [0.25, 0.3) is 22.2 Å². The molecule has 2 heterocycles. The fourth-order valence-electron chi connectivity index (χ4n) is 3.34. The zero-order valence-corrected chi connectivity index (χ0v) is 15.8. The Morgan fingerprint density at radius 2 is 1.86 bits per heavy atom. The molecule has 0 saturated heterocycles. The third-order valence-corrected chi connectivity index (χ3v) is 4.76. The highest BCUT2D eigenvalue weighted by atomic mass is 16.5. The number of aromatic nitrogens is 2. The van der Waals surface area contributed by atoms with Crippen molar-refractivity contribution in [2.75, 3.05) is 7.11 Å². The lowest BCUT2D eigenvalue weighted by Crippen LogP contribution is -1.99. The first kappa shape index (κ1) is 17.6. The highest BCUT2D eigenvalue weighted by Gasteiger charge is 2.17. The maximum absolute atomic E-state index is 9.12. The monoisotopic (exact) mass is 365 g/mol. The average Bonchev–Trinajstić information content (AvgIpc) is 3.20. The molecule has 136 valence electrons. The molecular formula is C24H19N3O. The predicted octanol–water partition coefficient (Wildman–Crippen LogP) is 5.34. The number of pyridine rings is 1. The Balaban J connectivity index is 2.03. The van der Waals surface area contributed by atoms with Crippen molar-refractivity contribution in [3.05, 3.63) is 96.0 Å². The minimum Gasteiger partial charge on any atom is -0.482 e. The van der Waals surface area contributed by atoms with E-state index in [9.17, 15) is 0 Å². The summed E-state index contributed by atoms with van der Waals surface area (Å²) in [6.45, 7) is 2.08. The summed E-state index contributed by atoms with van der Waals surface area (Å²) in [5, 5.41) is 9.12. The number of methoxy groups -OCH3 is 1.